The Morgan fingerprint density at radius 2 is 1.44 bits per heavy atom. The van der Waals surface area contributed by atoms with Crippen LogP contribution in [0.5, 0.6) is 0 Å². The van der Waals surface area contributed by atoms with Gasteiger partial charge in [0.25, 0.3) is 0 Å². The number of halogens is 2. The van der Waals surface area contributed by atoms with Crippen LogP contribution in [-0.2, 0) is 15.8 Å². The van der Waals surface area contributed by atoms with E-state index in [1.54, 1.807) is 7.05 Å². The minimum Gasteiger partial charge on any atom is -0.385 e. The lowest BCUT2D eigenvalue weighted by atomic mass is 9.71. The number of aliphatic hydroxyl groups is 1. The van der Waals surface area contributed by atoms with Gasteiger partial charge in [-0.3, -0.25) is 4.79 Å². The maximum absolute atomic E-state index is 13.4. The van der Waals surface area contributed by atoms with Crippen molar-refractivity contribution in [1.29, 1.82) is 0 Å². The number of carbonyl (C=O) groups is 1. The number of hydrogen-bond donors (Lipinski definition) is 2. The SMILES string of the molecule is CNC(=O)C(CCN1CCC(O)(c2ccc(Cl)cc2)CC1)(c1ccccc1)c1ccccc1.Cl. The molecular formula is C28H32Cl2N2O2. The lowest BCUT2D eigenvalue weighted by Crippen LogP contribution is -2.48. The van der Waals surface area contributed by atoms with E-state index in [-0.39, 0.29) is 18.3 Å². The molecule has 3 aromatic rings. The Balaban J connectivity index is 0.00000324. The molecule has 1 heterocycles. The summed E-state index contributed by atoms with van der Waals surface area (Å²) in [5, 5.41) is 14.8. The first kappa shape index (κ1) is 26.2. The number of nitrogens with one attached hydrogen (secondary N) is 1. The van der Waals surface area contributed by atoms with Crippen LogP contribution in [0.25, 0.3) is 0 Å². The highest BCUT2D eigenvalue weighted by molar-refractivity contribution is 6.30. The van der Waals surface area contributed by atoms with Crippen molar-refractivity contribution >= 4 is 29.9 Å². The van der Waals surface area contributed by atoms with Crippen molar-refractivity contribution in [2.45, 2.75) is 30.3 Å². The molecule has 1 saturated heterocycles. The van der Waals surface area contributed by atoms with Gasteiger partial charge in [-0.15, -0.1) is 12.4 Å². The van der Waals surface area contributed by atoms with E-state index in [2.05, 4.69) is 10.2 Å². The second kappa shape index (κ2) is 11.4. The molecule has 0 aliphatic carbocycles. The van der Waals surface area contributed by atoms with Crippen LogP contribution in [0.1, 0.15) is 36.0 Å². The second-order valence-corrected chi connectivity index (χ2v) is 9.28. The van der Waals surface area contributed by atoms with Gasteiger partial charge in [-0.1, -0.05) is 84.4 Å². The topological polar surface area (TPSA) is 52.6 Å². The largest absolute Gasteiger partial charge is 0.385 e. The normalized spacial score (nSPS) is 15.9. The molecule has 1 aliphatic rings. The number of rotatable bonds is 7. The molecule has 0 unspecified atom stereocenters. The molecule has 4 rings (SSSR count). The van der Waals surface area contributed by atoms with Crippen molar-refractivity contribution in [1.82, 2.24) is 10.2 Å². The Hall–Kier alpha value is -2.37. The molecule has 0 saturated carbocycles. The van der Waals surface area contributed by atoms with Crippen molar-refractivity contribution in [3.63, 3.8) is 0 Å². The van der Waals surface area contributed by atoms with E-state index in [4.69, 9.17) is 11.6 Å². The number of piperidine rings is 1. The lowest BCUT2D eigenvalue weighted by Gasteiger charge is -2.40. The fourth-order valence-electron chi connectivity index (χ4n) is 5.01. The van der Waals surface area contributed by atoms with Gasteiger partial charge in [0, 0.05) is 25.2 Å². The standard InChI is InChI=1S/C28H31ClN2O2.ClH/c1-30-26(32)28(23-8-4-2-5-9-23,24-10-6-3-7-11-24)18-21-31-19-16-27(33,17-20-31)22-12-14-25(29)15-13-22;/h2-15,33H,16-21H2,1H3,(H,30,32);1H. The van der Waals surface area contributed by atoms with Crippen LogP contribution in [-0.4, -0.2) is 42.6 Å². The Bertz CT molecular complexity index is 1010. The molecular weight excluding hydrogens is 467 g/mol. The summed E-state index contributed by atoms with van der Waals surface area (Å²) in [4.78, 5) is 15.8. The molecule has 0 spiro atoms. The fraction of sp³-hybridized carbons (Fsp3) is 0.321. The summed E-state index contributed by atoms with van der Waals surface area (Å²) in [6.07, 6.45) is 1.95. The predicted octanol–water partition coefficient (Wildman–Crippen LogP) is 5.17. The van der Waals surface area contributed by atoms with Crippen LogP contribution >= 0.6 is 24.0 Å². The molecule has 34 heavy (non-hydrogen) atoms. The highest BCUT2D eigenvalue weighted by Crippen LogP contribution is 2.38. The number of carbonyl (C=O) groups excluding carboxylic acids is 1. The Kier molecular flexibility index (Phi) is 8.78. The molecule has 0 bridgehead atoms. The molecule has 0 radical (unpaired) electrons. The van der Waals surface area contributed by atoms with Gasteiger partial charge < -0.3 is 15.3 Å². The Morgan fingerprint density at radius 3 is 1.91 bits per heavy atom. The van der Waals surface area contributed by atoms with Gasteiger partial charge in [0.05, 0.1) is 5.60 Å². The van der Waals surface area contributed by atoms with Crippen molar-refractivity contribution in [2.75, 3.05) is 26.7 Å². The zero-order valence-electron chi connectivity index (χ0n) is 19.4. The third-order valence-corrected chi connectivity index (χ3v) is 7.27. The first-order valence-corrected chi connectivity index (χ1v) is 11.9. The molecule has 180 valence electrons. The van der Waals surface area contributed by atoms with Gasteiger partial charge in [0.15, 0.2) is 0 Å². The highest BCUT2D eigenvalue weighted by atomic mass is 35.5. The molecule has 3 aromatic carbocycles. The molecule has 0 aromatic heterocycles. The number of likely N-dealkylation sites (tertiary alicyclic amines) is 1. The third kappa shape index (κ3) is 5.31. The number of hydrogen-bond acceptors (Lipinski definition) is 3. The third-order valence-electron chi connectivity index (χ3n) is 7.02. The quantitative estimate of drug-likeness (QED) is 0.472. The van der Waals surface area contributed by atoms with Gasteiger partial charge >= 0.3 is 0 Å². The van der Waals surface area contributed by atoms with Gasteiger partial charge in [0.2, 0.25) is 5.91 Å². The van der Waals surface area contributed by atoms with E-state index in [1.165, 1.54) is 0 Å². The van der Waals surface area contributed by atoms with Gasteiger partial charge in [-0.25, -0.2) is 0 Å². The van der Waals surface area contributed by atoms with E-state index in [0.717, 1.165) is 36.3 Å². The maximum Gasteiger partial charge on any atom is 0.234 e. The first-order chi connectivity index (χ1) is 16.0. The summed E-state index contributed by atoms with van der Waals surface area (Å²) in [5.74, 6) is -0.00502. The van der Waals surface area contributed by atoms with E-state index < -0.39 is 11.0 Å². The average Bonchev–Trinajstić information content (AvgIpc) is 2.87. The van der Waals surface area contributed by atoms with E-state index in [1.807, 2.05) is 84.9 Å². The molecule has 0 atom stereocenters. The van der Waals surface area contributed by atoms with Crippen molar-refractivity contribution in [3.8, 4) is 0 Å². The van der Waals surface area contributed by atoms with Gasteiger partial charge in [-0.05, 0) is 54.6 Å². The summed E-state index contributed by atoms with van der Waals surface area (Å²) >= 11 is 6.02. The highest BCUT2D eigenvalue weighted by Gasteiger charge is 2.42. The van der Waals surface area contributed by atoms with Crippen LogP contribution in [0.15, 0.2) is 84.9 Å². The van der Waals surface area contributed by atoms with Crippen LogP contribution in [0.4, 0.5) is 0 Å². The predicted molar refractivity (Wildman–Crippen MR) is 141 cm³/mol. The smallest absolute Gasteiger partial charge is 0.234 e. The molecule has 1 aliphatic heterocycles. The van der Waals surface area contributed by atoms with E-state index >= 15 is 0 Å². The molecule has 2 N–H and O–H groups in total. The van der Waals surface area contributed by atoms with Crippen LogP contribution in [0.3, 0.4) is 0 Å². The van der Waals surface area contributed by atoms with Crippen molar-refractivity contribution in [3.05, 3.63) is 107 Å². The number of nitrogens with zero attached hydrogens (tertiary/aromatic N) is 1. The van der Waals surface area contributed by atoms with E-state index in [9.17, 15) is 9.90 Å². The van der Waals surface area contributed by atoms with Crippen LogP contribution in [0, 0.1) is 0 Å². The minimum absolute atomic E-state index is 0. The number of likely N-dealkylation sites (N-methyl/N-ethyl adjacent to an activating group) is 1. The summed E-state index contributed by atoms with van der Waals surface area (Å²) in [7, 11) is 1.70. The lowest BCUT2D eigenvalue weighted by molar-refractivity contribution is -0.125. The fourth-order valence-corrected chi connectivity index (χ4v) is 5.14. The zero-order valence-corrected chi connectivity index (χ0v) is 21.0. The Morgan fingerprint density at radius 1 is 0.941 bits per heavy atom. The molecule has 6 heteroatoms. The average molecular weight is 499 g/mol. The van der Waals surface area contributed by atoms with Crippen LogP contribution in [0.2, 0.25) is 5.02 Å². The number of benzene rings is 3. The summed E-state index contributed by atoms with van der Waals surface area (Å²) in [6, 6.07) is 27.6. The van der Waals surface area contributed by atoms with Crippen molar-refractivity contribution < 1.29 is 9.90 Å². The molecule has 1 fully saturated rings. The maximum atomic E-state index is 13.4. The molecule has 4 nitrogen and oxygen atoms in total. The van der Waals surface area contributed by atoms with Gasteiger partial charge in [0.1, 0.15) is 5.41 Å². The first-order valence-electron chi connectivity index (χ1n) is 11.5. The molecule has 1 amide bonds. The number of amides is 1. The summed E-state index contributed by atoms with van der Waals surface area (Å²) in [6.45, 7) is 2.30. The zero-order chi connectivity index (χ0) is 23.3. The summed E-state index contributed by atoms with van der Waals surface area (Å²) < 4.78 is 0. The summed E-state index contributed by atoms with van der Waals surface area (Å²) in [5.41, 5.74) is 1.29. The van der Waals surface area contributed by atoms with Gasteiger partial charge in [-0.2, -0.15) is 0 Å². The van der Waals surface area contributed by atoms with Crippen molar-refractivity contribution in [2.24, 2.45) is 0 Å². The van der Waals surface area contributed by atoms with Crippen LogP contribution < -0.4 is 5.32 Å². The minimum atomic E-state index is -0.835. The Labute approximate surface area is 213 Å². The van der Waals surface area contributed by atoms with E-state index in [0.29, 0.717) is 24.3 Å². The monoisotopic (exact) mass is 498 g/mol. The second-order valence-electron chi connectivity index (χ2n) is 8.85.